The maximum absolute atomic E-state index is 6.08. The minimum absolute atomic E-state index is 0.333. The molecule has 4 nitrogen and oxygen atoms in total. The summed E-state index contributed by atoms with van der Waals surface area (Å²) in [5.41, 5.74) is 9.42. The number of anilines is 1. The number of hydrogen-bond donors (Lipinski definition) is 1. The Labute approximate surface area is 107 Å². The van der Waals surface area contributed by atoms with Crippen LogP contribution in [0.4, 0.5) is 5.95 Å². The summed E-state index contributed by atoms with van der Waals surface area (Å²) < 4.78 is 7.63. The van der Waals surface area contributed by atoms with Crippen LogP contribution in [0.25, 0.3) is 11.0 Å². The van der Waals surface area contributed by atoms with Gasteiger partial charge >= 0.3 is 0 Å². The molecule has 1 fully saturated rings. The second-order valence-electron chi connectivity index (χ2n) is 5.20. The molecule has 2 atom stereocenters. The Kier molecular flexibility index (Phi) is 2.74. The third-order valence-electron chi connectivity index (χ3n) is 3.93. The molecule has 1 aliphatic rings. The monoisotopic (exact) mass is 245 g/mol. The summed E-state index contributed by atoms with van der Waals surface area (Å²) in [6, 6.07) is 6.60. The third kappa shape index (κ3) is 1.77. The van der Waals surface area contributed by atoms with Crippen molar-refractivity contribution in [2.45, 2.75) is 26.3 Å². The molecule has 0 amide bonds. The SMILES string of the molecule is Cc1ccc2nc(N)n(C(C)C3CCOC3)c2c1. The summed E-state index contributed by atoms with van der Waals surface area (Å²) in [6.07, 6.45) is 1.10. The molecular formula is C14H19N3O. The van der Waals surface area contributed by atoms with E-state index in [9.17, 15) is 0 Å². The van der Waals surface area contributed by atoms with Crippen LogP contribution in [0.3, 0.4) is 0 Å². The van der Waals surface area contributed by atoms with Crippen LogP contribution in [0, 0.1) is 12.8 Å². The Bertz CT molecular complexity index is 570. The molecule has 1 aromatic heterocycles. The van der Waals surface area contributed by atoms with Crippen molar-refractivity contribution in [2.75, 3.05) is 18.9 Å². The zero-order valence-electron chi connectivity index (χ0n) is 10.9. The average molecular weight is 245 g/mol. The minimum Gasteiger partial charge on any atom is -0.381 e. The van der Waals surface area contributed by atoms with E-state index in [2.05, 4.69) is 35.5 Å². The number of rotatable bonds is 2. The fraction of sp³-hybridized carbons (Fsp3) is 0.500. The van der Waals surface area contributed by atoms with E-state index < -0.39 is 0 Å². The first-order valence-corrected chi connectivity index (χ1v) is 6.48. The maximum atomic E-state index is 6.08. The number of aryl methyl sites for hydroxylation is 1. The molecule has 0 radical (unpaired) electrons. The smallest absolute Gasteiger partial charge is 0.201 e. The molecule has 0 saturated carbocycles. The molecule has 2 unspecified atom stereocenters. The van der Waals surface area contributed by atoms with E-state index in [-0.39, 0.29) is 0 Å². The van der Waals surface area contributed by atoms with Crippen molar-refractivity contribution in [1.82, 2.24) is 9.55 Å². The number of nitrogens with zero attached hydrogens (tertiary/aromatic N) is 2. The highest BCUT2D eigenvalue weighted by molar-refractivity contribution is 5.79. The predicted molar refractivity (Wildman–Crippen MR) is 72.5 cm³/mol. The Balaban J connectivity index is 2.09. The summed E-state index contributed by atoms with van der Waals surface area (Å²) in [7, 11) is 0. The van der Waals surface area contributed by atoms with Crippen molar-refractivity contribution in [1.29, 1.82) is 0 Å². The van der Waals surface area contributed by atoms with Crippen LogP contribution in [0.5, 0.6) is 0 Å². The summed E-state index contributed by atoms with van der Waals surface area (Å²) in [5.74, 6) is 1.14. The molecule has 1 aliphatic heterocycles. The van der Waals surface area contributed by atoms with Gasteiger partial charge in [0.05, 0.1) is 17.6 Å². The minimum atomic E-state index is 0.333. The van der Waals surface area contributed by atoms with Gasteiger partial charge in [0.2, 0.25) is 5.95 Å². The van der Waals surface area contributed by atoms with E-state index in [0.717, 1.165) is 30.7 Å². The molecule has 1 aromatic carbocycles. The van der Waals surface area contributed by atoms with Gasteiger partial charge < -0.3 is 15.0 Å². The average Bonchev–Trinajstić information content (AvgIpc) is 2.94. The van der Waals surface area contributed by atoms with Crippen LogP contribution in [0.15, 0.2) is 18.2 Å². The lowest BCUT2D eigenvalue weighted by molar-refractivity contribution is 0.176. The van der Waals surface area contributed by atoms with Crippen molar-refractivity contribution < 1.29 is 4.74 Å². The van der Waals surface area contributed by atoms with E-state index in [0.29, 0.717) is 17.9 Å². The maximum Gasteiger partial charge on any atom is 0.201 e. The fourth-order valence-electron chi connectivity index (χ4n) is 2.79. The van der Waals surface area contributed by atoms with Crippen molar-refractivity contribution in [3.8, 4) is 0 Å². The molecule has 4 heteroatoms. The van der Waals surface area contributed by atoms with Gasteiger partial charge in [-0.25, -0.2) is 4.98 Å². The zero-order chi connectivity index (χ0) is 12.7. The molecule has 0 spiro atoms. The Morgan fingerprint density at radius 2 is 2.33 bits per heavy atom. The van der Waals surface area contributed by atoms with Crippen LogP contribution in [0.1, 0.15) is 24.9 Å². The number of ether oxygens (including phenoxy) is 1. The molecule has 0 bridgehead atoms. The molecule has 3 rings (SSSR count). The lowest BCUT2D eigenvalue weighted by Gasteiger charge is -2.21. The molecule has 0 aliphatic carbocycles. The van der Waals surface area contributed by atoms with Crippen molar-refractivity contribution >= 4 is 17.0 Å². The zero-order valence-corrected chi connectivity index (χ0v) is 10.9. The second kappa shape index (κ2) is 4.28. The van der Waals surface area contributed by atoms with E-state index in [4.69, 9.17) is 10.5 Å². The van der Waals surface area contributed by atoms with E-state index in [1.54, 1.807) is 0 Å². The Hall–Kier alpha value is -1.55. The van der Waals surface area contributed by atoms with Crippen molar-refractivity contribution in [3.05, 3.63) is 23.8 Å². The normalized spacial score (nSPS) is 21.6. The van der Waals surface area contributed by atoms with E-state index in [1.165, 1.54) is 5.56 Å². The lowest BCUT2D eigenvalue weighted by Crippen LogP contribution is -2.18. The molecule has 18 heavy (non-hydrogen) atoms. The van der Waals surface area contributed by atoms with Gasteiger partial charge in [-0.1, -0.05) is 6.07 Å². The van der Waals surface area contributed by atoms with Crippen molar-refractivity contribution in [3.63, 3.8) is 0 Å². The topological polar surface area (TPSA) is 53.1 Å². The lowest BCUT2D eigenvalue weighted by atomic mass is 10.0. The number of benzene rings is 1. The molecule has 1 saturated heterocycles. The molecule has 2 aromatic rings. The van der Waals surface area contributed by atoms with Crippen molar-refractivity contribution in [2.24, 2.45) is 5.92 Å². The Morgan fingerprint density at radius 1 is 1.50 bits per heavy atom. The van der Waals surface area contributed by atoms with Gasteiger partial charge in [0.15, 0.2) is 0 Å². The van der Waals surface area contributed by atoms with Crippen LogP contribution < -0.4 is 5.73 Å². The first kappa shape index (κ1) is 11.5. The van der Waals surface area contributed by atoms with Gasteiger partial charge in [-0.2, -0.15) is 0 Å². The van der Waals surface area contributed by atoms with Gasteiger partial charge in [0.25, 0.3) is 0 Å². The summed E-state index contributed by atoms with van der Waals surface area (Å²) in [5, 5.41) is 0. The summed E-state index contributed by atoms with van der Waals surface area (Å²) in [6.45, 7) is 5.99. The highest BCUT2D eigenvalue weighted by Gasteiger charge is 2.26. The van der Waals surface area contributed by atoms with E-state index in [1.807, 2.05) is 6.07 Å². The van der Waals surface area contributed by atoms with Crippen LogP contribution in [0.2, 0.25) is 0 Å². The summed E-state index contributed by atoms with van der Waals surface area (Å²) in [4.78, 5) is 4.45. The van der Waals surface area contributed by atoms with Crippen LogP contribution in [-0.4, -0.2) is 22.8 Å². The van der Waals surface area contributed by atoms with Gasteiger partial charge in [0, 0.05) is 18.6 Å². The largest absolute Gasteiger partial charge is 0.381 e. The quantitative estimate of drug-likeness (QED) is 0.884. The number of aromatic nitrogens is 2. The molecule has 96 valence electrons. The molecule has 2 heterocycles. The van der Waals surface area contributed by atoms with E-state index >= 15 is 0 Å². The number of hydrogen-bond acceptors (Lipinski definition) is 3. The van der Waals surface area contributed by atoms with Gasteiger partial charge in [-0.3, -0.25) is 0 Å². The van der Waals surface area contributed by atoms with Crippen LogP contribution >= 0.6 is 0 Å². The van der Waals surface area contributed by atoms with Gasteiger partial charge in [-0.05, 0) is 38.0 Å². The third-order valence-corrected chi connectivity index (χ3v) is 3.93. The highest BCUT2D eigenvalue weighted by Crippen LogP contribution is 2.31. The predicted octanol–water partition coefficient (Wildman–Crippen LogP) is 2.52. The highest BCUT2D eigenvalue weighted by atomic mass is 16.5. The van der Waals surface area contributed by atoms with Gasteiger partial charge in [0.1, 0.15) is 0 Å². The summed E-state index contributed by atoms with van der Waals surface area (Å²) >= 11 is 0. The number of fused-ring (bicyclic) bond motifs is 1. The number of nitrogen functional groups attached to an aromatic ring is 1. The standard InChI is InChI=1S/C14H19N3O/c1-9-3-4-12-13(7-9)17(14(15)16-12)10(2)11-5-6-18-8-11/h3-4,7,10-11H,5-6,8H2,1-2H3,(H2,15,16). The first-order valence-electron chi connectivity index (χ1n) is 6.48. The number of nitrogens with two attached hydrogens (primary N) is 1. The molecular weight excluding hydrogens is 226 g/mol. The fourth-order valence-corrected chi connectivity index (χ4v) is 2.79. The number of imidazole rings is 1. The Morgan fingerprint density at radius 3 is 3.06 bits per heavy atom. The van der Waals surface area contributed by atoms with Crippen LogP contribution in [-0.2, 0) is 4.74 Å². The second-order valence-corrected chi connectivity index (χ2v) is 5.20. The molecule has 2 N–H and O–H groups in total. The first-order chi connectivity index (χ1) is 8.66. The van der Waals surface area contributed by atoms with Gasteiger partial charge in [-0.15, -0.1) is 0 Å².